The van der Waals surface area contributed by atoms with Gasteiger partial charge in [-0.05, 0) is 61.8 Å². The third kappa shape index (κ3) is 3.20. The first kappa shape index (κ1) is 17.1. The van der Waals surface area contributed by atoms with Gasteiger partial charge in [-0.25, -0.2) is 0 Å². The lowest BCUT2D eigenvalue weighted by atomic mass is 9.96. The number of carboxylic acid groups (broad SMARTS) is 1. The van der Waals surface area contributed by atoms with Crippen LogP contribution in [0.1, 0.15) is 42.5 Å². The van der Waals surface area contributed by atoms with E-state index >= 15 is 0 Å². The first-order valence-corrected chi connectivity index (χ1v) is 9.47. The normalized spacial score (nSPS) is 27.7. The van der Waals surface area contributed by atoms with Crippen molar-refractivity contribution < 1.29 is 19.5 Å². The van der Waals surface area contributed by atoms with Gasteiger partial charge >= 0.3 is 5.97 Å². The number of benzene rings is 1. The first-order chi connectivity index (χ1) is 12.5. The molecule has 1 heterocycles. The van der Waals surface area contributed by atoms with Crippen LogP contribution in [0.25, 0.3) is 0 Å². The molecule has 3 aliphatic rings. The summed E-state index contributed by atoms with van der Waals surface area (Å²) in [5, 5.41) is 12.0. The maximum absolute atomic E-state index is 12.6. The highest BCUT2D eigenvalue weighted by Crippen LogP contribution is 2.57. The summed E-state index contributed by atoms with van der Waals surface area (Å²) in [5.41, 5.74) is 1.29. The molecule has 6 heteroatoms. The molecule has 2 unspecified atom stereocenters. The molecule has 1 aromatic rings. The van der Waals surface area contributed by atoms with E-state index in [1.54, 1.807) is 29.2 Å². The molecule has 0 spiro atoms. The molecule has 0 radical (unpaired) electrons. The summed E-state index contributed by atoms with van der Waals surface area (Å²) in [5.74, 6) is 0.253. The highest BCUT2D eigenvalue weighted by atomic mass is 16.4. The maximum atomic E-state index is 12.6. The molecule has 1 aliphatic heterocycles. The molecule has 2 saturated carbocycles. The lowest BCUT2D eigenvalue weighted by Crippen LogP contribution is -2.40. The van der Waals surface area contributed by atoms with Gasteiger partial charge in [-0.3, -0.25) is 14.4 Å². The van der Waals surface area contributed by atoms with Crippen LogP contribution >= 0.6 is 0 Å². The minimum absolute atomic E-state index is 0.0801. The number of rotatable bonds is 4. The SMILES string of the molecule is O=C(O)C1CCN(C(=O)c2ccc(NC(=O)C3C4CCCC43)cc2)CC1. The highest BCUT2D eigenvalue weighted by Gasteiger charge is 2.56. The fourth-order valence-corrected chi connectivity index (χ4v) is 4.64. The summed E-state index contributed by atoms with van der Waals surface area (Å²) in [4.78, 5) is 37.6. The Bertz CT molecular complexity index is 712. The number of carboxylic acids is 1. The average molecular weight is 356 g/mol. The van der Waals surface area contributed by atoms with Gasteiger partial charge in [0.25, 0.3) is 5.91 Å². The third-order valence-electron chi connectivity index (χ3n) is 6.24. The standard InChI is InChI=1S/C20H24N2O4/c23-18(17-15-2-1-3-16(15)17)21-14-6-4-12(5-7-14)19(24)22-10-8-13(9-11-22)20(25)26/h4-7,13,15-17H,1-3,8-11H2,(H,21,23)(H,25,26). The maximum Gasteiger partial charge on any atom is 0.306 e. The zero-order valence-electron chi connectivity index (χ0n) is 14.7. The number of carbonyl (C=O) groups excluding carboxylic acids is 2. The molecule has 4 rings (SSSR count). The van der Waals surface area contributed by atoms with Gasteiger partial charge in [-0.15, -0.1) is 0 Å². The summed E-state index contributed by atoms with van der Waals surface area (Å²) in [6.45, 7) is 0.942. The number of anilines is 1. The Morgan fingerprint density at radius 3 is 2.15 bits per heavy atom. The topological polar surface area (TPSA) is 86.7 Å². The van der Waals surface area contributed by atoms with Gasteiger partial charge < -0.3 is 15.3 Å². The van der Waals surface area contributed by atoms with Gasteiger partial charge in [0.1, 0.15) is 0 Å². The number of hydrogen-bond donors (Lipinski definition) is 2. The molecule has 6 nitrogen and oxygen atoms in total. The summed E-state index contributed by atoms with van der Waals surface area (Å²) in [6.07, 6.45) is 4.60. The summed E-state index contributed by atoms with van der Waals surface area (Å²) >= 11 is 0. The summed E-state index contributed by atoms with van der Waals surface area (Å²) in [6, 6.07) is 7.00. The van der Waals surface area contributed by atoms with Crippen LogP contribution in [0.2, 0.25) is 0 Å². The van der Waals surface area contributed by atoms with Crippen molar-refractivity contribution in [3.8, 4) is 0 Å². The van der Waals surface area contributed by atoms with Crippen molar-refractivity contribution in [2.45, 2.75) is 32.1 Å². The van der Waals surface area contributed by atoms with Crippen LogP contribution in [0.15, 0.2) is 24.3 Å². The largest absolute Gasteiger partial charge is 0.481 e. The van der Waals surface area contributed by atoms with Crippen molar-refractivity contribution >= 4 is 23.5 Å². The summed E-state index contributed by atoms with van der Waals surface area (Å²) < 4.78 is 0. The second-order valence-corrected chi connectivity index (χ2v) is 7.76. The van der Waals surface area contributed by atoms with Crippen molar-refractivity contribution in [2.24, 2.45) is 23.7 Å². The quantitative estimate of drug-likeness (QED) is 0.868. The van der Waals surface area contributed by atoms with E-state index in [4.69, 9.17) is 5.11 Å². The fraction of sp³-hybridized carbons (Fsp3) is 0.550. The van der Waals surface area contributed by atoms with E-state index in [2.05, 4.69) is 5.32 Å². The number of hydrogen-bond acceptors (Lipinski definition) is 3. The highest BCUT2D eigenvalue weighted by molar-refractivity contribution is 5.97. The lowest BCUT2D eigenvalue weighted by Gasteiger charge is -2.30. The van der Waals surface area contributed by atoms with Gasteiger partial charge in [-0.1, -0.05) is 6.42 Å². The molecular formula is C20H24N2O4. The molecule has 1 aromatic carbocycles. The van der Waals surface area contributed by atoms with Crippen LogP contribution in [-0.2, 0) is 9.59 Å². The summed E-state index contributed by atoms with van der Waals surface area (Å²) in [7, 11) is 0. The predicted molar refractivity (Wildman–Crippen MR) is 95.7 cm³/mol. The molecule has 26 heavy (non-hydrogen) atoms. The van der Waals surface area contributed by atoms with E-state index in [0.717, 1.165) is 5.69 Å². The van der Waals surface area contributed by atoms with Crippen LogP contribution in [0.5, 0.6) is 0 Å². The van der Waals surface area contributed by atoms with Gasteiger partial charge in [-0.2, -0.15) is 0 Å². The van der Waals surface area contributed by atoms with Gasteiger partial charge in [0.05, 0.1) is 5.92 Å². The Balaban J connectivity index is 1.32. The average Bonchev–Trinajstić information content (AvgIpc) is 3.14. The lowest BCUT2D eigenvalue weighted by molar-refractivity contribution is -0.143. The number of nitrogens with one attached hydrogen (secondary N) is 1. The number of aliphatic carboxylic acids is 1. The Labute approximate surface area is 152 Å². The number of nitrogens with zero attached hydrogens (tertiary/aromatic N) is 1. The van der Waals surface area contributed by atoms with Crippen molar-refractivity contribution in [2.75, 3.05) is 18.4 Å². The molecule has 2 aliphatic carbocycles. The first-order valence-electron chi connectivity index (χ1n) is 9.47. The van der Waals surface area contributed by atoms with E-state index in [-0.39, 0.29) is 23.7 Å². The van der Waals surface area contributed by atoms with Crippen LogP contribution in [0.4, 0.5) is 5.69 Å². The monoisotopic (exact) mass is 356 g/mol. The third-order valence-corrected chi connectivity index (χ3v) is 6.24. The van der Waals surface area contributed by atoms with Crippen molar-refractivity contribution in [1.29, 1.82) is 0 Å². The van der Waals surface area contributed by atoms with E-state index in [9.17, 15) is 14.4 Å². The fourth-order valence-electron chi connectivity index (χ4n) is 4.64. The van der Waals surface area contributed by atoms with E-state index in [1.807, 2.05) is 0 Å². The Hall–Kier alpha value is -2.37. The molecule has 0 aromatic heterocycles. The van der Waals surface area contributed by atoms with E-state index in [0.29, 0.717) is 43.3 Å². The zero-order chi connectivity index (χ0) is 18.3. The van der Waals surface area contributed by atoms with Crippen molar-refractivity contribution in [3.05, 3.63) is 29.8 Å². The smallest absolute Gasteiger partial charge is 0.306 e. The Morgan fingerprint density at radius 1 is 0.962 bits per heavy atom. The van der Waals surface area contributed by atoms with Gasteiger partial charge in [0, 0.05) is 30.3 Å². The zero-order valence-corrected chi connectivity index (χ0v) is 14.7. The van der Waals surface area contributed by atoms with Crippen LogP contribution in [0.3, 0.4) is 0 Å². The molecule has 2 N–H and O–H groups in total. The van der Waals surface area contributed by atoms with Gasteiger partial charge in [0.2, 0.25) is 5.91 Å². The second-order valence-electron chi connectivity index (χ2n) is 7.76. The van der Waals surface area contributed by atoms with Crippen LogP contribution < -0.4 is 5.32 Å². The molecule has 2 atom stereocenters. The van der Waals surface area contributed by atoms with Gasteiger partial charge in [0.15, 0.2) is 0 Å². The molecule has 1 saturated heterocycles. The number of fused-ring (bicyclic) bond motifs is 1. The van der Waals surface area contributed by atoms with Crippen molar-refractivity contribution in [3.63, 3.8) is 0 Å². The molecule has 3 fully saturated rings. The predicted octanol–water partition coefficient (Wildman–Crippen LogP) is 2.61. The van der Waals surface area contributed by atoms with Crippen LogP contribution in [0, 0.1) is 23.7 Å². The number of amides is 2. The van der Waals surface area contributed by atoms with Crippen molar-refractivity contribution in [1.82, 2.24) is 4.90 Å². The molecule has 0 bridgehead atoms. The van der Waals surface area contributed by atoms with E-state index < -0.39 is 5.97 Å². The number of carbonyl (C=O) groups is 3. The molecule has 2 amide bonds. The Morgan fingerprint density at radius 2 is 1.58 bits per heavy atom. The Kier molecular flexibility index (Phi) is 4.42. The molecule has 138 valence electrons. The minimum Gasteiger partial charge on any atom is -0.481 e. The number of piperidine rings is 1. The second kappa shape index (κ2) is 6.74. The van der Waals surface area contributed by atoms with E-state index in [1.165, 1.54) is 19.3 Å². The minimum atomic E-state index is -0.781. The molecular weight excluding hydrogens is 332 g/mol. The van der Waals surface area contributed by atoms with Crippen LogP contribution in [-0.4, -0.2) is 40.9 Å². The number of likely N-dealkylation sites (tertiary alicyclic amines) is 1.